The molecule has 0 heterocycles. The first-order valence-corrected chi connectivity index (χ1v) is 6.86. The molecular weight excluding hydrogens is 224 g/mol. The number of nitrogens with one attached hydrogen (secondary N) is 1. The number of hydrogen-bond acceptors (Lipinski definition) is 3. The topological polar surface area (TPSA) is 58.3 Å². The molecule has 1 aromatic rings. The summed E-state index contributed by atoms with van der Waals surface area (Å²) in [7, 11) is 1.89. The van der Waals surface area contributed by atoms with Crippen LogP contribution in [-0.2, 0) is 6.42 Å². The summed E-state index contributed by atoms with van der Waals surface area (Å²) in [5, 5.41) is 13.2. The van der Waals surface area contributed by atoms with Gasteiger partial charge in [0.05, 0.1) is 6.10 Å². The molecular formula is C15H26N2O. The predicted octanol–water partition coefficient (Wildman–Crippen LogP) is 2.00. The van der Waals surface area contributed by atoms with Crippen molar-refractivity contribution in [3.63, 3.8) is 0 Å². The van der Waals surface area contributed by atoms with Gasteiger partial charge in [-0.3, -0.25) is 0 Å². The van der Waals surface area contributed by atoms with Gasteiger partial charge < -0.3 is 16.2 Å². The third kappa shape index (κ3) is 4.77. The number of nitrogens with two attached hydrogens (primary N) is 1. The van der Waals surface area contributed by atoms with Crippen LogP contribution >= 0.6 is 0 Å². The Morgan fingerprint density at radius 2 is 1.94 bits per heavy atom. The molecule has 3 heteroatoms. The van der Waals surface area contributed by atoms with Crippen molar-refractivity contribution >= 4 is 0 Å². The molecule has 3 nitrogen and oxygen atoms in total. The average Bonchev–Trinajstić information content (AvgIpc) is 2.42. The zero-order valence-electron chi connectivity index (χ0n) is 11.5. The average molecular weight is 250 g/mol. The maximum absolute atomic E-state index is 10.1. The van der Waals surface area contributed by atoms with Crippen molar-refractivity contribution in [3.05, 3.63) is 35.4 Å². The van der Waals surface area contributed by atoms with E-state index in [9.17, 15) is 5.11 Å². The van der Waals surface area contributed by atoms with Gasteiger partial charge in [-0.1, -0.05) is 37.6 Å². The Bertz CT molecular complexity index is 324. The number of aliphatic hydroxyl groups excluding tert-OH is 1. The molecule has 0 saturated carbocycles. The van der Waals surface area contributed by atoms with E-state index in [4.69, 9.17) is 5.73 Å². The van der Waals surface area contributed by atoms with Crippen LogP contribution in [0.1, 0.15) is 43.4 Å². The Labute approximate surface area is 110 Å². The molecule has 0 amide bonds. The van der Waals surface area contributed by atoms with E-state index in [0.717, 1.165) is 24.9 Å². The van der Waals surface area contributed by atoms with Gasteiger partial charge in [-0.05, 0) is 44.0 Å². The largest absolute Gasteiger partial charge is 0.387 e. The highest BCUT2D eigenvalue weighted by Crippen LogP contribution is 2.18. The van der Waals surface area contributed by atoms with Crippen molar-refractivity contribution in [2.45, 2.75) is 44.8 Å². The van der Waals surface area contributed by atoms with E-state index in [-0.39, 0.29) is 6.04 Å². The van der Waals surface area contributed by atoms with Gasteiger partial charge in [-0.25, -0.2) is 0 Å². The molecule has 102 valence electrons. The fraction of sp³-hybridized carbons (Fsp3) is 0.600. The number of rotatable bonds is 8. The lowest BCUT2D eigenvalue weighted by atomic mass is 9.98. The molecule has 0 aromatic heterocycles. The second-order valence-corrected chi connectivity index (χ2v) is 4.85. The van der Waals surface area contributed by atoms with Crippen molar-refractivity contribution in [1.29, 1.82) is 0 Å². The van der Waals surface area contributed by atoms with Gasteiger partial charge in [-0.15, -0.1) is 0 Å². The van der Waals surface area contributed by atoms with Gasteiger partial charge in [0.2, 0.25) is 0 Å². The van der Waals surface area contributed by atoms with E-state index < -0.39 is 6.10 Å². The molecule has 18 heavy (non-hydrogen) atoms. The van der Waals surface area contributed by atoms with Crippen LogP contribution in [0.5, 0.6) is 0 Å². The fourth-order valence-corrected chi connectivity index (χ4v) is 1.98. The fourth-order valence-electron chi connectivity index (χ4n) is 1.98. The standard InChI is InChI=1S/C15H26N2O/c1-3-4-5-12-6-8-13(9-7-12)15(18)14(16)10-11-17-2/h6-9,14-15,17-18H,3-5,10-11,16H2,1-2H3. The van der Waals surface area contributed by atoms with Gasteiger partial charge >= 0.3 is 0 Å². The number of unbranched alkanes of at least 4 members (excludes halogenated alkanes) is 1. The maximum atomic E-state index is 10.1. The number of hydrogen-bond donors (Lipinski definition) is 3. The third-order valence-corrected chi connectivity index (χ3v) is 3.27. The summed E-state index contributed by atoms with van der Waals surface area (Å²) < 4.78 is 0. The highest BCUT2D eigenvalue weighted by molar-refractivity contribution is 5.25. The number of aliphatic hydroxyl groups is 1. The van der Waals surface area contributed by atoms with E-state index in [0.29, 0.717) is 0 Å². The number of benzene rings is 1. The Balaban J connectivity index is 2.55. The molecule has 0 saturated heterocycles. The summed E-state index contributed by atoms with van der Waals surface area (Å²) in [6.45, 7) is 3.02. The summed E-state index contributed by atoms with van der Waals surface area (Å²) in [6, 6.07) is 7.97. The summed E-state index contributed by atoms with van der Waals surface area (Å²) in [4.78, 5) is 0. The normalized spacial score (nSPS) is 14.4. The monoisotopic (exact) mass is 250 g/mol. The maximum Gasteiger partial charge on any atom is 0.0941 e. The summed E-state index contributed by atoms with van der Waals surface area (Å²) in [5.74, 6) is 0. The predicted molar refractivity (Wildman–Crippen MR) is 76.5 cm³/mol. The van der Waals surface area contributed by atoms with Gasteiger partial charge in [0.15, 0.2) is 0 Å². The summed E-state index contributed by atoms with van der Waals surface area (Å²) >= 11 is 0. The molecule has 2 atom stereocenters. The molecule has 0 bridgehead atoms. The van der Waals surface area contributed by atoms with Gasteiger partial charge in [0.25, 0.3) is 0 Å². The van der Waals surface area contributed by atoms with Crippen molar-refractivity contribution in [3.8, 4) is 0 Å². The van der Waals surface area contributed by atoms with E-state index in [1.807, 2.05) is 19.2 Å². The van der Waals surface area contributed by atoms with Gasteiger partial charge in [0.1, 0.15) is 0 Å². The second-order valence-electron chi connectivity index (χ2n) is 4.85. The minimum absolute atomic E-state index is 0.209. The molecule has 0 radical (unpaired) electrons. The quantitative estimate of drug-likeness (QED) is 0.661. The van der Waals surface area contributed by atoms with Crippen LogP contribution in [0.15, 0.2) is 24.3 Å². The minimum Gasteiger partial charge on any atom is -0.387 e. The first kappa shape index (κ1) is 15.2. The zero-order chi connectivity index (χ0) is 13.4. The van der Waals surface area contributed by atoms with Crippen LogP contribution in [0.3, 0.4) is 0 Å². The van der Waals surface area contributed by atoms with E-state index in [1.165, 1.54) is 18.4 Å². The van der Waals surface area contributed by atoms with Gasteiger partial charge in [0, 0.05) is 6.04 Å². The van der Waals surface area contributed by atoms with Crippen LogP contribution in [-0.4, -0.2) is 24.7 Å². The Morgan fingerprint density at radius 3 is 2.50 bits per heavy atom. The lowest BCUT2D eigenvalue weighted by molar-refractivity contribution is 0.142. The van der Waals surface area contributed by atoms with Crippen molar-refractivity contribution in [1.82, 2.24) is 5.32 Å². The van der Waals surface area contributed by atoms with Crippen LogP contribution < -0.4 is 11.1 Å². The second kappa shape index (κ2) is 8.25. The van der Waals surface area contributed by atoms with Crippen LogP contribution in [0.2, 0.25) is 0 Å². The third-order valence-electron chi connectivity index (χ3n) is 3.27. The number of aryl methyl sites for hydroxylation is 1. The van der Waals surface area contributed by atoms with Crippen LogP contribution in [0.4, 0.5) is 0 Å². The van der Waals surface area contributed by atoms with E-state index >= 15 is 0 Å². The molecule has 0 spiro atoms. The highest BCUT2D eigenvalue weighted by atomic mass is 16.3. The molecule has 0 aliphatic heterocycles. The SMILES string of the molecule is CCCCc1ccc(C(O)C(N)CCNC)cc1. The van der Waals surface area contributed by atoms with E-state index in [1.54, 1.807) is 0 Å². The summed E-state index contributed by atoms with van der Waals surface area (Å²) in [6.07, 6.45) is 3.73. The van der Waals surface area contributed by atoms with Crippen LogP contribution in [0, 0.1) is 0 Å². The Hall–Kier alpha value is -0.900. The first-order chi connectivity index (χ1) is 8.69. The van der Waals surface area contributed by atoms with Crippen molar-refractivity contribution in [2.75, 3.05) is 13.6 Å². The molecule has 2 unspecified atom stereocenters. The summed E-state index contributed by atoms with van der Waals surface area (Å²) in [5.41, 5.74) is 8.21. The molecule has 4 N–H and O–H groups in total. The Morgan fingerprint density at radius 1 is 1.28 bits per heavy atom. The molecule has 1 rings (SSSR count). The lowest BCUT2D eigenvalue weighted by Crippen LogP contribution is -2.31. The molecule has 0 fully saturated rings. The first-order valence-electron chi connectivity index (χ1n) is 6.86. The lowest BCUT2D eigenvalue weighted by Gasteiger charge is -2.19. The zero-order valence-corrected chi connectivity index (χ0v) is 11.5. The van der Waals surface area contributed by atoms with Crippen molar-refractivity contribution in [2.24, 2.45) is 5.73 Å². The van der Waals surface area contributed by atoms with Crippen molar-refractivity contribution < 1.29 is 5.11 Å². The van der Waals surface area contributed by atoms with E-state index in [2.05, 4.69) is 24.4 Å². The smallest absolute Gasteiger partial charge is 0.0941 e. The highest BCUT2D eigenvalue weighted by Gasteiger charge is 2.16. The molecule has 0 aliphatic rings. The Kier molecular flexibility index (Phi) is 6.94. The molecule has 1 aromatic carbocycles. The van der Waals surface area contributed by atoms with Crippen LogP contribution in [0.25, 0.3) is 0 Å². The molecule has 0 aliphatic carbocycles. The van der Waals surface area contributed by atoms with Gasteiger partial charge in [-0.2, -0.15) is 0 Å². The minimum atomic E-state index is -0.571.